The zero-order valence-electron chi connectivity index (χ0n) is 12.0. The normalized spacial score (nSPS) is 24.7. The zero-order valence-corrected chi connectivity index (χ0v) is 12.0. The van der Waals surface area contributed by atoms with Crippen molar-refractivity contribution in [3.8, 4) is 0 Å². The van der Waals surface area contributed by atoms with Crippen molar-refractivity contribution in [2.24, 2.45) is 0 Å². The third kappa shape index (κ3) is 3.07. The third-order valence-corrected chi connectivity index (χ3v) is 4.18. The van der Waals surface area contributed by atoms with Gasteiger partial charge < -0.3 is 15.1 Å². The van der Waals surface area contributed by atoms with Crippen LogP contribution in [-0.2, 0) is 6.54 Å². The van der Waals surface area contributed by atoms with Crippen molar-refractivity contribution in [1.82, 2.24) is 15.2 Å². The van der Waals surface area contributed by atoms with Gasteiger partial charge in [-0.2, -0.15) is 0 Å². The van der Waals surface area contributed by atoms with Crippen LogP contribution in [0.3, 0.4) is 0 Å². The maximum absolute atomic E-state index is 4.30. The minimum atomic E-state index is 0.570. The van der Waals surface area contributed by atoms with Crippen LogP contribution in [0.1, 0.15) is 25.3 Å². The van der Waals surface area contributed by atoms with Crippen molar-refractivity contribution in [3.05, 3.63) is 24.0 Å². The van der Waals surface area contributed by atoms with Crippen LogP contribution in [0.2, 0.25) is 0 Å². The lowest BCUT2D eigenvalue weighted by Crippen LogP contribution is -2.50. The SMILES string of the molecule is CC1CN(C)CCN1c1ccncc1CNC1CC1. The number of likely N-dealkylation sites (N-methyl/N-ethyl adjacent to an activating group) is 1. The molecule has 1 aromatic rings. The second kappa shape index (κ2) is 5.47. The molecule has 1 aromatic heterocycles. The molecule has 4 heteroatoms. The van der Waals surface area contributed by atoms with Crippen LogP contribution in [0.15, 0.2) is 18.5 Å². The minimum Gasteiger partial charge on any atom is -0.366 e. The molecule has 104 valence electrons. The van der Waals surface area contributed by atoms with E-state index in [1.807, 2.05) is 12.4 Å². The number of hydrogen-bond donors (Lipinski definition) is 1. The van der Waals surface area contributed by atoms with Crippen molar-refractivity contribution in [1.29, 1.82) is 0 Å². The average molecular weight is 260 g/mol. The van der Waals surface area contributed by atoms with E-state index in [1.165, 1.54) is 24.1 Å². The summed E-state index contributed by atoms with van der Waals surface area (Å²) in [5, 5.41) is 3.60. The van der Waals surface area contributed by atoms with Gasteiger partial charge in [-0.15, -0.1) is 0 Å². The molecule has 1 aliphatic carbocycles. The van der Waals surface area contributed by atoms with E-state index in [0.717, 1.165) is 32.2 Å². The summed E-state index contributed by atoms with van der Waals surface area (Å²) in [6, 6.07) is 3.49. The van der Waals surface area contributed by atoms with Gasteiger partial charge in [0.2, 0.25) is 0 Å². The summed E-state index contributed by atoms with van der Waals surface area (Å²) in [7, 11) is 2.20. The molecular weight excluding hydrogens is 236 g/mol. The molecule has 0 aromatic carbocycles. The molecule has 0 amide bonds. The Bertz CT molecular complexity index is 430. The fourth-order valence-corrected chi connectivity index (χ4v) is 2.88. The molecule has 1 unspecified atom stereocenters. The molecule has 1 aliphatic heterocycles. The van der Waals surface area contributed by atoms with Gasteiger partial charge in [-0.05, 0) is 32.9 Å². The molecule has 2 heterocycles. The highest BCUT2D eigenvalue weighted by molar-refractivity contribution is 5.53. The molecule has 1 saturated heterocycles. The topological polar surface area (TPSA) is 31.4 Å². The number of pyridine rings is 1. The largest absolute Gasteiger partial charge is 0.366 e. The smallest absolute Gasteiger partial charge is 0.0446 e. The zero-order chi connectivity index (χ0) is 13.2. The molecule has 2 aliphatic rings. The summed E-state index contributed by atoms with van der Waals surface area (Å²) in [6.45, 7) is 6.65. The molecular formula is C15H24N4. The maximum atomic E-state index is 4.30. The van der Waals surface area contributed by atoms with Gasteiger partial charge in [0.25, 0.3) is 0 Å². The van der Waals surface area contributed by atoms with Gasteiger partial charge in [0.1, 0.15) is 0 Å². The summed E-state index contributed by atoms with van der Waals surface area (Å²) in [6.07, 6.45) is 6.61. The van der Waals surface area contributed by atoms with Crippen LogP contribution < -0.4 is 10.2 Å². The highest BCUT2D eigenvalue weighted by atomic mass is 15.3. The van der Waals surface area contributed by atoms with Crippen molar-refractivity contribution in [3.63, 3.8) is 0 Å². The van der Waals surface area contributed by atoms with E-state index in [0.29, 0.717) is 6.04 Å². The van der Waals surface area contributed by atoms with E-state index >= 15 is 0 Å². The lowest BCUT2D eigenvalue weighted by Gasteiger charge is -2.40. The molecule has 3 rings (SSSR count). The van der Waals surface area contributed by atoms with E-state index in [4.69, 9.17) is 0 Å². The molecule has 1 saturated carbocycles. The van der Waals surface area contributed by atoms with Gasteiger partial charge in [0.05, 0.1) is 0 Å². The first-order valence-corrected chi connectivity index (χ1v) is 7.35. The highest BCUT2D eigenvalue weighted by Crippen LogP contribution is 2.25. The first kappa shape index (κ1) is 12.9. The number of rotatable bonds is 4. The predicted octanol–water partition coefficient (Wildman–Crippen LogP) is 1.47. The van der Waals surface area contributed by atoms with Crippen LogP contribution in [-0.4, -0.2) is 48.6 Å². The monoisotopic (exact) mass is 260 g/mol. The van der Waals surface area contributed by atoms with Gasteiger partial charge in [0, 0.05) is 61.9 Å². The van der Waals surface area contributed by atoms with Crippen LogP contribution in [0.25, 0.3) is 0 Å². The molecule has 4 nitrogen and oxygen atoms in total. The summed E-state index contributed by atoms with van der Waals surface area (Å²) in [4.78, 5) is 9.24. The maximum Gasteiger partial charge on any atom is 0.0446 e. The summed E-state index contributed by atoms with van der Waals surface area (Å²) in [5.74, 6) is 0. The van der Waals surface area contributed by atoms with Gasteiger partial charge in [-0.3, -0.25) is 4.98 Å². The Labute approximate surface area is 115 Å². The van der Waals surface area contributed by atoms with Crippen molar-refractivity contribution < 1.29 is 0 Å². The van der Waals surface area contributed by atoms with E-state index in [1.54, 1.807) is 0 Å². The van der Waals surface area contributed by atoms with Gasteiger partial charge in [-0.1, -0.05) is 0 Å². The van der Waals surface area contributed by atoms with Crippen LogP contribution in [0, 0.1) is 0 Å². The van der Waals surface area contributed by atoms with E-state index in [-0.39, 0.29) is 0 Å². The molecule has 2 fully saturated rings. The highest BCUT2D eigenvalue weighted by Gasteiger charge is 2.25. The second-order valence-corrected chi connectivity index (χ2v) is 5.96. The number of hydrogen-bond acceptors (Lipinski definition) is 4. The second-order valence-electron chi connectivity index (χ2n) is 5.96. The van der Waals surface area contributed by atoms with Crippen LogP contribution >= 0.6 is 0 Å². The Morgan fingerprint density at radius 1 is 1.37 bits per heavy atom. The standard InChI is InChI=1S/C15H24N4/c1-12-11-18(2)7-8-19(12)15-5-6-16-9-13(15)10-17-14-3-4-14/h5-6,9,12,14,17H,3-4,7-8,10-11H2,1-2H3. The van der Waals surface area contributed by atoms with E-state index in [2.05, 4.69) is 40.1 Å². The molecule has 1 N–H and O–H groups in total. The summed E-state index contributed by atoms with van der Waals surface area (Å²) in [5.41, 5.74) is 2.70. The van der Waals surface area contributed by atoms with Crippen molar-refractivity contribution in [2.45, 2.75) is 38.4 Å². The van der Waals surface area contributed by atoms with Crippen LogP contribution in [0.4, 0.5) is 5.69 Å². The Morgan fingerprint density at radius 3 is 2.95 bits per heavy atom. The van der Waals surface area contributed by atoms with Gasteiger partial charge >= 0.3 is 0 Å². The Kier molecular flexibility index (Phi) is 3.71. The van der Waals surface area contributed by atoms with Crippen LogP contribution in [0.5, 0.6) is 0 Å². The Morgan fingerprint density at radius 2 is 2.21 bits per heavy atom. The number of anilines is 1. The number of piperazine rings is 1. The van der Waals surface area contributed by atoms with Gasteiger partial charge in [-0.25, -0.2) is 0 Å². The average Bonchev–Trinajstić information content (AvgIpc) is 3.21. The summed E-state index contributed by atoms with van der Waals surface area (Å²) < 4.78 is 0. The predicted molar refractivity (Wildman–Crippen MR) is 78.4 cm³/mol. The van der Waals surface area contributed by atoms with E-state index < -0.39 is 0 Å². The van der Waals surface area contributed by atoms with Gasteiger partial charge in [0.15, 0.2) is 0 Å². The molecule has 0 spiro atoms. The fourth-order valence-electron chi connectivity index (χ4n) is 2.88. The van der Waals surface area contributed by atoms with Crippen molar-refractivity contribution in [2.75, 3.05) is 31.6 Å². The molecule has 0 radical (unpaired) electrons. The minimum absolute atomic E-state index is 0.570. The third-order valence-electron chi connectivity index (χ3n) is 4.18. The lowest BCUT2D eigenvalue weighted by atomic mass is 10.1. The number of aromatic nitrogens is 1. The first-order valence-electron chi connectivity index (χ1n) is 7.35. The fraction of sp³-hybridized carbons (Fsp3) is 0.667. The molecule has 1 atom stereocenters. The van der Waals surface area contributed by atoms with E-state index in [9.17, 15) is 0 Å². The molecule has 0 bridgehead atoms. The lowest BCUT2D eigenvalue weighted by molar-refractivity contribution is 0.275. The quantitative estimate of drug-likeness (QED) is 0.888. The number of nitrogens with one attached hydrogen (secondary N) is 1. The molecule has 19 heavy (non-hydrogen) atoms. The Balaban J connectivity index is 1.74. The van der Waals surface area contributed by atoms with Crippen molar-refractivity contribution >= 4 is 5.69 Å². The summed E-state index contributed by atoms with van der Waals surface area (Å²) >= 11 is 0. The number of nitrogens with zero attached hydrogens (tertiary/aromatic N) is 3. The first-order chi connectivity index (χ1) is 9.24. The Hall–Kier alpha value is -1.13.